The Labute approximate surface area is 163 Å². The standard InChI is InChI=1S/C23H32O4/c1-7-24-17-11-13-19(21(15-17)26-9-3)23(5,6)20-14-12-18(25-8-2)16-22(20)27-10-4/h11-16H,7-10H2,1-6H3. The van der Waals surface area contributed by atoms with E-state index in [0.29, 0.717) is 26.4 Å². The highest BCUT2D eigenvalue weighted by atomic mass is 16.5. The van der Waals surface area contributed by atoms with Crippen LogP contribution in [0.4, 0.5) is 0 Å². The van der Waals surface area contributed by atoms with Gasteiger partial charge in [-0.1, -0.05) is 26.0 Å². The zero-order chi connectivity index (χ0) is 19.9. The average molecular weight is 373 g/mol. The van der Waals surface area contributed by atoms with Crippen LogP contribution in [0.3, 0.4) is 0 Å². The smallest absolute Gasteiger partial charge is 0.127 e. The first-order chi connectivity index (χ1) is 13.0. The van der Waals surface area contributed by atoms with Crippen molar-refractivity contribution in [3.8, 4) is 23.0 Å². The maximum Gasteiger partial charge on any atom is 0.127 e. The molecule has 0 aromatic heterocycles. The molecule has 0 saturated carbocycles. The third-order valence-corrected chi connectivity index (χ3v) is 4.47. The molecule has 0 N–H and O–H groups in total. The fourth-order valence-corrected chi connectivity index (χ4v) is 3.25. The van der Waals surface area contributed by atoms with Crippen molar-refractivity contribution in [1.29, 1.82) is 0 Å². The van der Waals surface area contributed by atoms with Gasteiger partial charge in [0.1, 0.15) is 23.0 Å². The molecule has 27 heavy (non-hydrogen) atoms. The van der Waals surface area contributed by atoms with Crippen molar-refractivity contribution in [2.75, 3.05) is 26.4 Å². The van der Waals surface area contributed by atoms with Gasteiger partial charge in [0, 0.05) is 28.7 Å². The van der Waals surface area contributed by atoms with E-state index in [9.17, 15) is 0 Å². The zero-order valence-corrected chi connectivity index (χ0v) is 17.4. The first kappa shape index (κ1) is 20.9. The van der Waals surface area contributed by atoms with Crippen LogP contribution >= 0.6 is 0 Å². The number of ether oxygens (including phenoxy) is 4. The molecule has 0 aliphatic rings. The Balaban J connectivity index is 2.53. The first-order valence-corrected chi connectivity index (χ1v) is 9.78. The summed E-state index contributed by atoms with van der Waals surface area (Å²) in [6.07, 6.45) is 0. The van der Waals surface area contributed by atoms with Gasteiger partial charge < -0.3 is 18.9 Å². The molecule has 0 radical (unpaired) electrons. The Morgan fingerprint density at radius 2 is 0.963 bits per heavy atom. The molecule has 2 aromatic carbocycles. The fraction of sp³-hybridized carbons (Fsp3) is 0.478. The minimum absolute atomic E-state index is 0.315. The Hall–Kier alpha value is -2.36. The number of hydrogen-bond donors (Lipinski definition) is 0. The van der Waals surface area contributed by atoms with E-state index in [0.717, 1.165) is 34.1 Å². The highest BCUT2D eigenvalue weighted by Crippen LogP contribution is 2.43. The molecule has 0 amide bonds. The van der Waals surface area contributed by atoms with E-state index in [1.54, 1.807) is 0 Å². The molecule has 2 rings (SSSR count). The largest absolute Gasteiger partial charge is 0.494 e. The van der Waals surface area contributed by atoms with Gasteiger partial charge in [-0.25, -0.2) is 0 Å². The van der Waals surface area contributed by atoms with Gasteiger partial charge in [-0.15, -0.1) is 0 Å². The van der Waals surface area contributed by atoms with Gasteiger partial charge in [-0.05, 0) is 39.8 Å². The van der Waals surface area contributed by atoms with Crippen molar-refractivity contribution in [2.24, 2.45) is 0 Å². The zero-order valence-electron chi connectivity index (χ0n) is 17.4. The summed E-state index contributed by atoms with van der Waals surface area (Å²) in [5, 5.41) is 0. The number of rotatable bonds is 10. The lowest BCUT2D eigenvalue weighted by atomic mass is 9.77. The molecule has 0 saturated heterocycles. The third-order valence-electron chi connectivity index (χ3n) is 4.47. The van der Waals surface area contributed by atoms with Crippen molar-refractivity contribution >= 4 is 0 Å². The van der Waals surface area contributed by atoms with Gasteiger partial charge in [0.25, 0.3) is 0 Å². The Bertz CT molecular complexity index is 676. The lowest BCUT2D eigenvalue weighted by Crippen LogP contribution is -2.21. The normalized spacial score (nSPS) is 11.2. The predicted molar refractivity (Wildman–Crippen MR) is 110 cm³/mol. The maximum atomic E-state index is 5.95. The minimum atomic E-state index is -0.315. The van der Waals surface area contributed by atoms with E-state index < -0.39 is 0 Å². The summed E-state index contributed by atoms with van der Waals surface area (Å²) in [6, 6.07) is 12.1. The van der Waals surface area contributed by atoms with Crippen LogP contribution < -0.4 is 18.9 Å². The molecule has 0 spiro atoms. The Morgan fingerprint density at radius 1 is 0.593 bits per heavy atom. The van der Waals surface area contributed by atoms with Crippen LogP contribution in [0, 0.1) is 0 Å². The second kappa shape index (κ2) is 9.54. The summed E-state index contributed by atoms with van der Waals surface area (Å²) in [6.45, 7) is 14.8. The Morgan fingerprint density at radius 3 is 1.30 bits per heavy atom. The molecule has 0 fully saturated rings. The molecule has 0 aliphatic heterocycles. The fourth-order valence-electron chi connectivity index (χ4n) is 3.25. The van der Waals surface area contributed by atoms with Crippen LogP contribution in [0.25, 0.3) is 0 Å². The van der Waals surface area contributed by atoms with E-state index in [4.69, 9.17) is 18.9 Å². The monoisotopic (exact) mass is 372 g/mol. The summed E-state index contributed by atoms with van der Waals surface area (Å²) in [7, 11) is 0. The first-order valence-electron chi connectivity index (χ1n) is 9.78. The van der Waals surface area contributed by atoms with Gasteiger partial charge in [-0.2, -0.15) is 0 Å². The van der Waals surface area contributed by atoms with E-state index in [-0.39, 0.29) is 5.41 Å². The summed E-state index contributed by atoms with van der Waals surface area (Å²) in [5.41, 5.74) is 1.88. The molecule has 4 heteroatoms. The van der Waals surface area contributed by atoms with Crippen LogP contribution in [0.15, 0.2) is 36.4 Å². The average Bonchev–Trinajstić information content (AvgIpc) is 2.63. The molecule has 148 valence electrons. The van der Waals surface area contributed by atoms with Crippen LogP contribution in [0.2, 0.25) is 0 Å². The molecule has 0 bridgehead atoms. The van der Waals surface area contributed by atoms with Crippen molar-refractivity contribution < 1.29 is 18.9 Å². The molecule has 0 aliphatic carbocycles. The van der Waals surface area contributed by atoms with E-state index in [2.05, 4.69) is 26.0 Å². The highest BCUT2D eigenvalue weighted by molar-refractivity contribution is 5.54. The number of hydrogen-bond acceptors (Lipinski definition) is 4. The molecule has 0 unspecified atom stereocenters. The molecular formula is C23H32O4. The van der Waals surface area contributed by atoms with Crippen LogP contribution in [-0.2, 0) is 5.41 Å². The minimum Gasteiger partial charge on any atom is -0.494 e. The van der Waals surface area contributed by atoms with Crippen LogP contribution in [0.1, 0.15) is 52.7 Å². The molecular weight excluding hydrogens is 340 g/mol. The predicted octanol–water partition coefficient (Wildman–Crippen LogP) is 5.61. The summed E-state index contributed by atoms with van der Waals surface area (Å²) in [4.78, 5) is 0. The van der Waals surface area contributed by atoms with Crippen LogP contribution in [0.5, 0.6) is 23.0 Å². The van der Waals surface area contributed by atoms with Gasteiger partial charge in [0.2, 0.25) is 0 Å². The highest BCUT2D eigenvalue weighted by Gasteiger charge is 2.30. The maximum absolute atomic E-state index is 5.95. The van der Waals surface area contributed by atoms with E-state index >= 15 is 0 Å². The van der Waals surface area contributed by atoms with Crippen molar-refractivity contribution in [1.82, 2.24) is 0 Å². The van der Waals surface area contributed by atoms with Crippen molar-refractivity contribution in [2.45, 2.75) is 47.0 Å². The molecule has 2 aromatic rings. The van der Waals surface area contributed by atoms with Gasteiger partial charge in [0.15, 0.2) is 0 Å². The molecule has 4 nitrogen and oxygen atoms in total. The Kier molecular flexibility index (Phi) is 7.40. The summed E-state index contributed by atoms with van der Waals surface area (Å²) < 4.78 is 23.2. The quantitative estimate of drug-likeness (QED) is 0.543. The van der Waals surface area contributed by atoms with E-state index in [1.807, 2.05) is 52.0 Å². The lowest BCUT2D eigenvalue weighted by molar-refractivity contribution is 0.311. The van der Waals surface area contributed by atoms with Crippen LogP contribution in [-0.4, -0.2) is 26.4 Å². The van der Waals surface area contributed by atoms with Crippen molar-refractivity contribution in [3.05, 3.63) is 47.5 Å². The number of benzene rings is 2. The topological polar surface area (TPSA) is 36.9 Å². The second-order valence-electron chi connectivity index (χ2n) is 6.67. The molecule has 0 atom stereocenters. The lowest BCUT2D eigenvalue weighted by Gasteiger charge is -2.30. The third kappa shape index (κ3) is 4.88. The van der Waals surface area contributed by atoms with Gasteiger partial charge >= 0.3 is 0 Å². The van der Waals surface area contributed by atoms with Gasteiger partial charge in [0.05, 0.1) is 26.4 Å². The summed E-state index contributed by atoms with van der Waals surface area (Å²) >= 11 is 0. The SMILES string of the molecule is CCOc1ccc(C(C)(C)c2ccc(OCC)cc2OCC)c(OCC)c1. The second-order valence-corrected chi connectivity index (χ2v) is 6.67. The molecule has 0 heterocycles. The van der Waals surface area contributed by atoms with Gasteiger partial charge in [-0.3, -0.25) is 0 Å². The summed E-state index contributed by atoms with van der Waals surface area (Å²) in [5.74, 6) is 3.31. The van der Waals surface area contributed by atoms with E-state index in [1.165, 1.54) is 0 Å². The van der Waals surface area contributed by atoms with Crippen molar-refractivity contribution in [3.63, 3.8) is 0 Å².